The number of benzene rings is 2. The number of nitrogens with one attached hydrogen (secondary N) is 3. The van der Waals surface area contributed by atoms with Crippen molar-refractivity contribution in [3.8, 4) is 0 Å². The molecule has 0 unspecified atom stereocenters. The summed E-state index contributed by atoms with van der Waals surface area (Å²) in [5.74, 6) is 0.626. The molecule has 1 saturated heterocycles. The van der Waals surface area contributed by atoms with Crippen LogP contribution in [-0.2, 0) is 10.0 Å². The number of piperidine rings is 1. The van der Waals surface area contributed by atoms with Gasteiger partial charge >= 0.3 is 0 Å². The molecular weight excluding hydrogens is 479 g/mol. The van der Waals surface area contributed by atoms with E-state index in [1.165, 1.54) is 10.4 Å². The molecule has 182 valence electrons. The molecule has 8 nitrogen and oxygen atoms in total. The predicted molar refractivity (Wildman–Crippen MR) is 134 cm³/mol. The largest absolute Gasteiger partial charge is 0.340 e. The fourth-order valence-corrected chi connectivity index (χ4v) is 5.15. The van der Waals surface area contributed by atoms with Gasteiger partial charge in [-0.1, -0.05) is 0 Å². The molecule has 1 aliphatic rings. The van der Waals surface area contributed by atoms with Crippen LogP contribution in [0.4, 0.5) is 27.5 Å². The van der Waals surface area contributed by atoms with Gasteiger partial charge in [-0.25, -0.2) is 17.8 Å². The Morgan fingerprint density at radius 1 is 1.03 bits per heavy atom. The van der Waals surface area contributed by atoms with Gasteiger partial charge in [0.2, 0.25) is 16.0 Å². The lowest BCUT2D eigenvalue weighted by molar-refractivity contribution is 0.296. The van der Waals surface area contributed by atoms with Crippen LogP contribution >= 0.6 is 12.4 Å². The SMILES string of the molecule is Cc1cc(Nc2ccnc(Nc3ccc(S(=O)(=O)N(C)C4CCNCC4)cc3)n2)ccc1F.Cl. The molecule has 2 heterocycles. The number of anilines is 4. The summed E-state index contributed by atoms with van der Waals surface area (Å²) in [7, 11) is -1.92. The second-order valence-corrected chi connectivity index (χ2v) is 10.0. The molecular formula is C23H28ClFN6O2S. The van der Waals surface area contributed by atoms with Crippen molar-refractivity contribution in [2.24, 2.45) is 0 Å². The lowest BCUT2D eigenvalue weighted by Gasteiger charge is -2.30. The van der Waals surface area contributed by atoms with Gasteiger partial charge in [0.05, 0.1) is 4.90 Å². The molecule has 3 aromatic rings. The van der Waals surface area contributed by atoms with Crippen LogP contribution in [0.25, 0.3) is 0 Å². The lowest BCUT2D eigenvalue weighted by atomic mass is 10.1. The lowest BCUT2D eigenvalue weighted by Crippen LogP contribution is -2.43. The molecule has 0 amide bonds. The minimum Gasteiger partial charge on any atom is -0.340 e. The minimum atomic E-state index is -3.57. The van der Waals surface area contributed by atoms with Crippen LogP contribution in [0.5, 0.6) is 0 Å². The van der Waals surface area contributed by atoms with Gasteiger partial charge in [-0.3, -0.25) is 0 Å². The van der Waals surface area contributed by atoms with E-state index in [4.69, 9.17) is 0 Å². The number of hydrogen-bond donors (Lipinski definition) is 3. The fourth-order valence-electron chi connectivity index (χ4n) is 3.73. The first kappa shape index (κ1) is 25.8. The normalized spacial score (nSPS) is 14.5. The Labute approximate surface area is 205 Å². The highest BCUT2D eigenvalue weighted by molar-refractivity contribution is 7.89. The summed E-state index contributed by atoms with van der Waals surface area (Å²) in [5.41, 5.74) is 1.91. The molecule has 0 saturated carbocycles. The zero-order valence-corrected chi connectivity index (χ0v) is 20.6. The average molecular weight is 507 g/mol. The quantitative estimate of drug-likeness (QED) is 0.441. The maximum absolute atomic E-state index is 13.5. The van der Waals surface area contributed by atoms with E-state index in [1.807, 2.05) is 0 Å². The van der Waals surface area contributed by atoms with Crippen molar-refractivity contribution >= 4 is 45.6 Å². The summed E-state index contributed by atoms with van der Waals surface area (Å²) in [6.07, 6.45) is 3.20. The van der Waals surface area contributed by atoms with E-state index < -0.39 is 10.0 Å². The van der Waals surface area contributed by atoms with Crippen molar-refractivity contribution in [1.29, 1.82) is 0 Å². The fraction of sp³-hybridized carbons (Fsp3) is 0.304. The highest BCUT2D eigenvalue weighted by Crippen LogP contribution is 2.24. The molecule has 11 heteroatoms. The summed E-state index contributed by atoms with van der Waals surface area (Å²) in [5, 5.41) is 9.46. The first-order valence-corrected chi connectivity index (χ1v) is 12.2. The number of nitrogens with zero attached hydrogens (tertiary/aromatic N) is 3. The summed E-state index contributed by atoms with van der Waals surface area (Å²) < 4.78 is 40.9. The number of sulfonamides is 1. The maximum Gasteiger partial charge on any atom is 0.243 e. The molecule has 2 aromatic carbocycles. The first-order chi connectivity index (χ1) is 15.8. The van der Waals surface area contributed by atoms with Crippen molar-refractivity contribution in [3.05, 3.63) is 66.1 Å². The molecule has 0 radical (unpaired) electrons. The van der Waals surface area contributed by atoms with E-state index in [1.54, 1.807) is 62.6 Å². The summed E-state index contributed by atoms with van der Waals surface area (Å²) in [4.78, 5) is 8.88. The molecule has 1 aromatic heterocycles. The van der Waals surface area contributed by atoms with Gasteiger partial charge in [-0.05, 0) is 86.9 Å². The topological polar surface area (TPSA) is 99.2 Å². The van der Waals surface area contributed by atoms with Crippen LogP contribution in [-0.4, -0.2) is 48.9 Å². The molecule has 34 heavy (non-hydrogen) atoms. The van der Waals surface area contributed by atoms with Gasteiger partial charge in [0.1, 0.15) is 11.6 Å². The van der Waals surface area contributed by atoms with Crippen LogP contribution in [0.1, 0.15) is 18.4 Å². The Morgan fingerprint density at radius 2 is 1.71 bits per heavy atom. The summed E-state index contributed by atoms with van der Waals surface area (Å²) in [6, 6.07) is 13.0. The van der Waals surface area contributed by atoms with Gasteiger partial charge < -0.3 is 16.0 Å². The van der Waals surface area contributed by atoms with Gasteiger partial charge in [0, 0.05) is 30.7 Å². The third kappa shape index (κ3) is 6.01. The van der Waals surface area contributed by atoms with Crippen molar-refractivity contribution in [1.82, 2.24) is 19.6 Å². The predicted octanol–water partition coefficient (Wildman–Crippen LogP) is 4.21. The second-order valence-electron chi connectivity index (χ2n) is 8.01. The molecule has 1 fully saturated rings. The Balaban J connectivity index is 0.00000324. The molecule has 0 bridgehead atoms. The Kier molecular flexibility index (Phi) is 8.42. The Hall–Kier alpha value is -2.79. The number of aromatic nitrogens is 2. The third-order valence-corrected chi connectivity index (χ3v) is 7.62. The van der Waals surface area contributed by atoms with E-state index in [0.29, 0.717) is 28.7 Å². The van der Waals surface area contributed by atoms with E-state index in [2.05, 4.69) is 25.9 Å². The standard InChI is InChI=1S/C23H27FN6O2S.ClH/c1-16-15-18(5-8-21(16)24)27-22-11-14-26-23(29-22)28-17-3-6-20(7-4-17)33(31,32)30(2)19-9-12-25-13-10-19;/h3-8,11,14-15,19,25H,9-10,12-13H2,1-2H3,(H2,26,27,28,29);1H. The Bertz CT molecular complexity index is 1220. The molecule has 0 aliphatic carbocycles. The number of rotatable bonds is 7. The smallest absolute Gasteiger partial charge is 0.243 e. The highest BCUT2D eigenvalue weighted by Gasteiger charge is 2.28. The Morgan fingerprint density at radius 3 is 2.38 bits per heavy atom. The average Bonchev–Trinajstić information content (AvgIpc) is 2.82. The van der Waals surface area contributed by atoms with Gasteiger partial charge in [0.25, 0.3) is 0 Å². The van der Waals surface area contributed by atoms with Crippen LogP contribution in [0.3, 0.4) is 0 Å². The van der Waals surface area contributed by atoms with Crippen molar-refractivity contribution in [3.63, 3.8) is 0 Å². The van der Waals surface area contributed by atoms with E-state index in [9.17, 15) is 12.8 Å². The maximum atomic E-state index is 13.5. The molecule has 1 aliphatic heterocycles. The van der Waals surface area contributed by atoms with Crippen LogP contribution < -0.4 is 16.0 Å². The van der Waals surface area contributed by atoms with E-state index in [-0.39, 0.29) is 29.2 Å². The number of aryl methyl sites for hydroxylation is 1. The van der Waals surface area contributed by atoms with Crippen LogP contribution in [0, 0.1) is 12.7 Å². The van der Waals surface area contributed by atoms with Gasteiger partial charge in [-0.2, -0.15) is 9.29 Å². The number of hydrogen-bond acceptors (Lipinski definition) is 7. The van der Waals surface area contributed by atoms with Crippen LogP contribution in [0.15, 0.2) is 59.6 Å². The van der Waals surface area contributed by atoms with Crippen molar-refractivity contribution in [2.45, 2.75) is 30.7 Å². The van der Waals surface area contributed by atoms with Crippen molar-refractivity contribution < 1.29 is 12.8 Å². The zero-order chi connectivity index (χ0) is 23.4. The van der Waals surface area contributed by atoms with Crippen LogP contribution in [0.2, 0.25) is 0 Å². The summed E-state index contributed by atoms with van der Waals surface area (Å²) >= 11 is 0. The molecule has 4 rings (SSSR count). The van der Waals surface area contributed by atoms with E-state index in [0.717, 1.165) is 25.9 Å². The highest BCUT2D eigenvalue weighted by atomic mass is 35.5. The molecule has 3 N–H and O–H groups in total. The monoisotopic (exact) mass is 506 g/mol. The molecule has 0 atom stereocenters. The second kappa shape index (κ2) is 11.1. The molecule has 0 spiro atoms. The first-order valence-electron chi connectivity index (χ1n) is 10.7. The zero-order valence-electron chi connectivity index (χ0n) is 19.0. The number of halogens is 2. The summed E-state index contributed by atoms with van der Waals surface area (Å²) in [6.45, 7) is 3.34. The van der Waals surface area contributed by atoms with Gasteiger partial charge in [-0.15, -0.1) is 12.4 Å². The third-order valence-electron chi connectivity index (χ3n) is 5.70. The van der Waals surface area contributed by atoms with Gasteiger partial charge in [0.15, 0.2) is 0 Å². The van der Waals surface area contributed by atoms with Crippen molar-refractivity contribution in [2.75, 3.05) is 30.8 Å². The minimum absolute atomic E-state index is 0. The van der Waals surface area contributed by atoms with E-state index >= 15 is 0 Å².